The van der Waals surface area contributed by atoms with Crippen LogP contribution in [0.5, 0.6) is 0 Å². The average Bonchev–Trinajstić information content (AvgIpc) is 2.24. The molecular formula is C12H18ClN3. The van der Waals surface area contributed by atoms with Crippen LogP contribution in [0.2, 0.25) is 5.15 Å². The van der Waals surface area contributed by atoms with Crippen LogP contribution in [0.15, 0.2) is 18.5 Å². The zero-order valence-electron chi connectivity index (χ0n) is 10.00. The number of nitrogens with zero attached hydrogens (tertiary/aromatic N) is 2. The van der Waals surface area contributed by atoms with Crippen molar-refractivity contribution >= 4 is 17.4 Å². The standard InChI is InChI=1S/C12H18ClN3/c1-4-5-6-7-14-12-10(9(2)3)11(13)15-8-16-12/h4-5,8-9H,6-7H2,1-3H3,(H,14,15,16)/b5-4+. The van der Waals surface area contributed by atoms with E-state index in [9.17, 15) is 0 Å². The van der Waals surface area contributed by atoms with E-state index >= 15 is 0 Å². The normalized spacial score (nSPS) is 11.3. The Morgan fingerprint density at radius 2 is 2.19 bits per heavy atom. The van der Waals surface area contributed by atoms with Gasteiger partial charge in [0.05, 0.1) is 0 Å². The highest BCUT2D eigenvalue weighted by Gasteiger charge is 2.12. The third kappa shape index (κ3) is 3.49. The monoisotopic (exact) mass is 239 g/mol. The molecule has 1 aromatic rings. The number of nitrogens with one attached hydrogen (secondary N) is 1. The molecule has 4 heteroatoms. The molecule has 0 atom stereocenters. The maximum atomic E-state index is 6.06. The van der Waals surface area contributed by atoms with Gasteiger partial charge in [-0.25, -0.2) is 9.97 Å². The van der Waals surface area contributed by atoms with Gasteiger partial charge in [-0.1, -0.05) is 37.6 Å². The molecule has 1 aromatic heterocycles. The summed E-state index contributed by atoms with van der Waals surface area (Å²) in [6, 6.07) is 0. The number of hydrogen-bond acceptors (Lipinski definition) is 3. The van der Waals surface area contributed by atoms with Crippen molar-refractivity contribution in [3.8, 4) is 0 Å². The number of halogens is 1. The van der Waals surface area contributed by atoms with Crippen molar-refractivity contribution < 1.29 is 0 Å². The van der Waals surface area contributed by atoms with E-state index in [1.807, 2.05) is 13.0 Å². The second-order valence-corrected chi connectivity index (χ2v) is 4.22. The fraction of sp³-hybridized carbons (Fsp3) is 0.500. The fourth-order valence-corrected chi connectivity index (χ4v) is 1.82. The molecule has 0 radical (unpaired) electrons. The Morgan fingerprint density at radius 1 is 1.44 bits per heavy atom. The quantitative estimate of drug-likeness (QED) is 0.484. The molecule has 0 aromatic carbocycles. The van der Waals surface area contributed by atoms with Gasteiger partial charge in [0.2, 0.25) is 0 Å². The minimum absolute atomic E-state index is 0.318. The Labute approximate surface area is 102 Å². The molecule has 1 rings (SSSR count). The maximum absolute atomic E-state index is 6.06. The molecule has 88 valence electrons. The smallest absolute Gasteiger partial charge is 0.138 e. The van der Waals surface area contributed by atoms with Crippen LogP contribution in [-0.2, 0) is 0 Å². The number of rotatable bonds is 5. The van der Waals surface area contributed by atoms with Crippen LogP contribution in [0.25, 0.3) is 0 Å². The zero-order chi connectivity index (χ0) is 12.0. The van der Waals surface area contributed by atoms with Crippen LogP contribution in [-0.4, -0.2) is 16.5 Å². The first kappa shape index (κ1) is 13.0. The number of anilines is 1. The summed E-state index contributed by atoms with van der Waals surface area (Å²) in [5.74, 6) is 1.16. The highest BCUT2D eigenvalue weighted by Crippen LogP contribution is 2.27. The Kier molecular flexibility index (Phi) is 5.26. The van der Waals surface area contributed by atoms with Gasteiger partial charge >= 0.3 is 0 Å². The molecule has 0 saturated heterocycles. The van der Waals surface area contributed by atoms with Gasteiger partial charge in [0, 0.05) is 12.1 Å². The molecule has 3 nitrogen and oxygen atoms in total. The first-order chi connectivity index (χ1) is 7.66. The molecule has 1 heterocycles. The lowest BCUT2D eigenvalue weighted by Gasteiger charge is -2.13. The Hall–Kier alpha value is -1.09. The lowest BCUT2D eigenvalue weighted by atomic mass is 10.1. The zero-order valence-corrected chi connectivity index (χ0v) is 10.8. The van der Waals surface area contributed by atoms with Crippen molar-refractivity contribution in [1.29, 1.82) is 0 Å². The highest BCUT2D eigenvalue weighted by atomic mass is 35.5. The van der Waals surface area contributed by atoms with Crippen LogP contribution in [0.4, 0.5) is 5.82 Å². The molecule has 0 saturated carbocycles. The minimum Gasteiger partial charge on any atom is -0.369 e. The molecule has 0 spiro atoms. The summed E-state index contributed by atoms with van der Waals surface area (Å²) in [6.07, 6.45) is 6.63. The van der Waals surface area contributed by atoms with Gasteiger partial charge in [-0.2, -0.15) is 0 Å². The predicted molar refractivity (Wildman–Crippen MR) is 69.1 cm³/mol. The summed E-state index contributed by atoms with van der Waals surface area (Å²) in [6.45, 7) is 7.04. The summed E-state index contributed by atoms with van der Waals surface area (Å²) in [4.78, 5) is 8.23. The van der Waals surface area contributed by atoms with Crippen molar-refractivity contribution in [3.63, 3.8) is 0 Å². The largest absolute Gasteiger partial charge is 0.369 e. The van der Waals surface area contributed by atoms with E-state index in [2.05, 4.69) is 35.2 Å². The molecule has 0 fully saturated rings. The van der Waals surface area contributed by atoms with E-state index in [4.69, 9.17) is 11.6 Å². The Balaban J connectivity index is 2.75. The SMILES string of the molecule is C/C=C/CCNc1ncnc(Cl)c1C(C)C. The topological polar surface area (TPSA) is 37.8 Å². The van der Waals surface area contributed by atoms with Crippen LogP contribution >= 0.6 is 11.6 Å². The van der Waals surface area contributed by atoms with E-state index in [0.29, 0.717) is 11.1 Å². The Bertz CT molecular complexity index is 361. The first-order valence-electron chi connectivity index (χ1n) is 5.52. The summed E-state index contributed by atoms with van der Waals surface area (Å²) < 4.78 is 0. The molecule has 0 aliphatic rings. The van der Waals surface area contributed by atoms with Crippen LogP contribution in [0.3, 0.4) is 0 Å². The molecule has 0 unspecified atom stereocenters. The third-order valence-electron chi connectivity index (χ3n) is 2.25. The predicted octanol–water partition coefficient (Wildman–Crippen LogP) is 3.63. The molecule has 1 N–H and O–H groups in total. The van der Waals surface area contributed by atoms with E-state index in [0.717, 1.165) is 24.3 Å². The molecule has 0 aliphatic carbocycles. The van der Waals surface area contributed by atoms with E-state index in [1.54, 1.807) is 0 Å². The van der Waals surface area contributed by atoms with Gasteiger partial charge in [-0.3, -0.25) is 0 Å². The van der Waals surface area contributed by atoms with Gasteiger partial charge in [0.25, 0.3) is 0 Å². The van der Waals surface area contributed by atoms with Crippen molar-refractivity contribution in [2.75, 3.05) is 11.9 Å². The van der Waals surface area contributed by atoms with Gasteiger partial charge in [-0.15, -0.1) is 0 Å². The Morgan fingerprint density at radius 3 is 2.81 bits per heavy atom. The number of aromatic nitrogens is 2. The van der Waals surface area contributed by atoms with Crippen molar-refractivity contribution in [2.45, 2.75) is 33.1 Å². The van der Waals surface area contributed by atoms with Crippen LogP contribution in [0.1, 0.15) is 38.7 Å². The van der Waals surface area contributed by atoms with E-state index in [-0.39, 0.29) is 0 Å². The second-order valence-electron chi connectivity index (χ2n) is 3.87. The van der Waals surface area contributed by atoms with Crippen molar-refractivity contribution in [2.24, 2.45) is 0 Å². The summed E-state index contributed by atoms with van der Waals surface area (Å²) >= 11 is 6.06. The maximum Gasteiger partial charge on any atom is 0.138 e. The summed E-state index contributed by atoms with van der Waals surface area (Å²) in [5.41, 5.74) is 0.990. The van der Waals surface area contributed by atoms with Crippen molar-refractivity contribution in [1.82, 2.24) is 9.97 Å². The van der Waals surface area contributed by atoms with Crippen molar-refractivity contribution in [3.05, 3.63) is 29.2 Å². The highest BCUT2D eigenvalue weighted by molar-refractivity contribution is 6.30. The lowest BCUT2D eigenvalue weighted by Crippen LogP contribution is -2.07. The second kappa shape index (κ2) is 6.48. The molecule has 16 heavy (non-hydrogen) atoms. The molecular weight excluding hydrogens is 222 g/mol. The number of allylic oxidation sites excluding steroid dienone is 1. The van der Waals surface area contributed by atoms with Crippen LogP contribution < -0.4 is 5.32 Å². The molecule has 0 aliphatic heterocycles. The average molecular weight is 240 g/mol. The summed E-state index contributed by atoms with van der Waals surface area (Å²) in [5, 5.41) is 3.82. The lowest BCUT2D eigenvalue weighted by molar-refractivity contribution is 0.844. The van der Waals surface area contributed by atoms with Gasteiger partial charge in [-0.05, 0) is 19.3 Å². The fourth-order valence-electron chi connectivity index (χ4n) is 1.47. The van der Waals surface area contributed by atoms with Gasteiger partial charge in [0.15, 0.2) is 0 Å². The van der Waals surface area contributed by atoms with E-state index in [1.165, 1.54) is 6.33 Å². The molecule has 0 bridgehead atoms. The van der Waals surface area contributed by atoms with Crippen LogP contribution in [0, 0.1) is 0 Å². The van der Waals surface area contributed by atoms with Gasteiger partial charge in [0.1, 0.15) is 17.3 Å². The first-order valence-corrected chi connectivity index (χ1v) is 5.90. The van der Waals surface area contributed by atoms with Gasteiger partial charge < -0.3 is 5.32 Å². The minimum atomic E-state index is 0.318. The molecule has 0 amide bonds. The third-order valence-corrected chi connectivity index (χ3v) is 2.55. The summed E-state index contributed by atoms with van der Waals surface area (Å²) in [7, 11) is 0. The van der Waals surface area contributed by atoms with E-state index < -0.39 is 0 Å². The number of hydrogen-bond donors (Lipinski definition) is 1.